The van der Waals surface area contributed by atoms with Gasteiger partial charge in [0, 0.05) is 11.6 Å². The summed E-state index contributed by atoms with van der Waals surface area (Å²) in [6.45, 7) is -2.10. The zero-order valence-corrected chi connectivity index (χ0v) is 27.2. The fourth-order valence-electron chi connectivity index (χ4n) is 5.95. The molecule has 3 aromatic rings. The van der Waals surface area contributed by atoms with Crippen molar-refractivity contribution in [3.05, 3.63) is 40.6 Å². The van der Waals surface area contributed by atoms with Crippen LogP contribution in [0.25, 0.3) is 22.3 Å². The van der Waals surface area contributed by atoms with Crippen LogP contribution in [0.5, 0.6) is 28.7 Å². The number of rotatable bonds is 9. The highest BCUT2D eigenvalue weighted by Gasteiger charge is 2.47. The lowest BCUT2D eigenvalue weighted by Gasteiger charge is -2.39. The molecule has 21 heteroatoms. The maximum Gasteiger partial charge on any atom is 0.229 e. The molecule has 21 nitrogen and oxygen atoms in total. The standard InChI is InChI=1S/C32H38O21/c33-6-14-18(38)21(41)24(44)31(50-14)48-10-3-1-9(2-4-10)13-5-11(35)16-20(40)28(52-30-23(43)17(37)12(36)8-47-30)26(46)29(27(16)49-13)53-32-25(45)22(42)19(39)15(7-34)51-32/h1-5,12,14-15,17-19,21-25,30-34,36-46H,6-8H2/t12-,14+,15+,17-,18+,19+,21-,22-,23+,24+,25+,30-,31+,32-/m0/s1. The molecule has 0 bridgehead atoms. The monoisotopic (exact) mass is 758 g/mol. The summed E-state index contributed by atoms with van der Waals surface area (Å²) in [5, 5.41) is 133. The van der Waals surface area contributed by atoms with Crippen molar-refractivity contribution in [2.75, 3.05) is 19.8 Å². The molecule has 0 amide bonds. The van der Waals surface area contributed by atoms with Gasteiger partial charge in [-0.25, -0.2) is 0 Å². The lowest BCUT2D eigenvalue weighted by molar-refractivity contribution is -0.277. The summed E-state index contributed by atoms with van der Waals surface area (Å²) in [6.07, 6.45) is -24.1. The van der Waals surface area contributed by atoms with Crippen LogP contribution >= 0.6 is 0 Å². The van der Waals surface area contributed by atoms with Crippen LogP contribution in [0.2, 0.25) is 0 Å². The highest BCUT2D eigenvalue weighted by atomic mass is 16.7. The SMILES string of the molecule is O=c1cc(-c2ccc(O[C@@H]3O[C@H](CO)[C@@H](O)[C@H](O)[C@H]3O)cc2)oc2c(O[C@@H]3O[C@H](CO)[C@@H](O)[C@H](O)[C@H]3O)c(O)c(O[C@@H]3OC[C@H](O)[C@H](O)[C@H]3O)c(O)c12. The Kier molecular flexibility index (Phi) is 11.3. The van der Waals surface area contributed by atoms with Gasteiger partial charge in [-0.2, -0.15) is 0 Å². The molecule has 3 aliphatic rings. The Morgan fingerprint density at radius 2 is 1.15 bits per heavy atom. The predicted molar refractivity (Wildman–Crippen MR) is 168 cm³/mol. The Morgan fingerprint density at radius 1 is 0.623 bits per heavy atom. The van der Waals surface area contributed by atoms with E-state index in [-0.39, 0.29) is 17.1 Å². The van der Waals surface area contributed by atoms with Gasteiger partial charge in [-0.3, -0.25) is 4.79 Å². The van der Waals surface area contributed by atoms with Crippen molar-refractivity contribution >= 4 is 11.0 Å². The summed E-state index contributed by atoms with van der Waals surface area (Å²) in [6, 6.07) is 6.30. The Bertz CT molecular complexity index is 1800. The number of hydrogen-bond acceptors (Lipinski definition) is 21. The molecule has 3 saturated heterocycles. The number of benzene rings is 2. The van der Waals surface area contributed by atoms with Crippen molar-refractivity contribution < 1.29 is 99.2 Å². The largest absolute Gasteiger partial charge is 0.504 e. The average Bonchev–Trinajstić information content (AvgIpc) is 3.15. The molecule has 1 aromatic heterocycles. The highest BCUT2D eigenvalue weighted by molar-refractivity contribution is 5.95. The predicted octanol–water partition coefficient (Wildman–Crippen LogP) is -4.95. The lowest BCUT2D eigenvalue weighted by Crippen LogP contribution is -2.60. The fourth-order valence-corrected chi connectivity index (χ4v) is 5.95. The number of phenolic OH excluding ortho intramolecular Hbond substituents is 2. The molecule has 3 fully saturated rings. The van der Waals surface area contributed by atoms with Crippen molar-refractivity contribution in [3.63, 3.8) is 0 Å². The molecule has 13 N–H and O–H groups in total. The molecule has 4 heterocycles. The summed E-state index contributed by atoms with van der Waals surface area (Å²) in [5.74, 6) is -4.21. The maximum atomic E-state index is 13.6. The molecule has 0 aliphatic carbocycles. The van der Waals surface area contributed by atoms with Crippen LogP contribution in [0.4, 0.5) is 0 Å². The van der Waals surface area contributed by atoms with E-state index in [1.54, 1.807) is 0 Å². The number of ether oxygens (including phenoxy) is 6. The molecule has 0 radical (unpaired) electrons. The average molecular weight is 759 g/mol. The first-order valence-electron chi connectivity index (χ1n) is 16.1. The quantitative estimate of drug-likeness (QED) is 0.0972. The lowest BCUT2D eigenvalue weighted by atomic mass is 9.99. The molecule has 6 rings (SSSR count). The summed E-state index contributed by atoms with van der Waals surface area (Å²) in [7, 11) is 0. The fraction of sp³-hybridized carbons (Fsp3) is 0.531. The first-order valence-corrected chi connectivity index (χ1v) is 16.1. The number of aliphatic hydroxyl groups excluding tert-OH is 11. The highest BCUT2D eigenvalue weighted by Crippen LogP contribution is 2.51. The number of hydrogen-bond donors (Lipinski definition) is 13. The summed E-state index contributed by atoms with van der Waals surface area (Å²) < 4.78 is 38.5. The molecular weight excluding hydrogens is 720 g/mol. The van der Waals surface area contributed by atoms with Gasteiger partial charge < -0.3 is 99.2 Å². The second kappa shape index (κ2) is 15.4. The third-order valence-electron chi connectivity index (χ3n) is 9.05. The van der Waals surface area contributed by atoms with E-state index >= 15 is 0 Å². The van der Waals surface area contributed by atoms with Crippen molar-refractivity contribution in [2.24, 2.45) is 0 Å². The minimum atomic E-state index is -2.04. The zero-order chi connectivity index (χ0) is 38.5. The van der Waals surface area contributed by atoms with Crippen LogP contribution in [-0.4, -0.2) is 172 Å². The van der Waals surface area contributed by atoms with E-state index in [1.807, 2.05) is 0 Å². The third kappa shape index (κ3) is 7.20. The van der Waals surface area contributed by atoms with Gasteiger partial charge in [0.1, 0.15) is 84.0 Å². The van der Waals surface area contributed by atoms with Gasteiger partial charge in [0.15, 0.2) is 16.8 Å². The van der Waals surface area contributed by atoms with Crippen LogP contribution in [0.3, 0.4) is 0 Å². The Hall–Kier alpha value is -3.91. The van der Waals surface area contributed by atoms with Gasteiger partial charge in [0.2, 0.25) is 36.1 Å². The molecule has 292 valence electrons. The Morgan fingerprint density at radius 3 is 1.72 bits per heavy atom. The van der Waals surface area contributed by atoms with Crippen molar-refractivity contribution in [2.45, 2.75) is 86.0 Å². The van der Waals surface area contributed by atoms with Crippen molar-refractivity contribution in [3.8, 4) is 40.1 Å². The van der Waals surface area contributed by atoms with Crippen molar-refractivity contribution in [1.82, 2.24) is 0 Å². The van der Waals surface area contributed by atoms with E-state index in [0.29, 0.717) is 0 Å². The van der Waals surface area contributed by atoms with Crippen LogP contribution in [0.15, 0.2) is 39.5 Å². The van der Waals surface area contributed by atoms with Gasteiger partial charge in [-0.1, -0.05) is 0 Å². The Labute approximate surface area is 296 Å². The first kappa shape index (κ1) is 38.8. The maximum absolute atomic E-state index is 13.6. The van der Waals surface area contributed by atoms with Gasteiger partial charge in [0.25, 0.3) is 0 Å². The number of aliphatic hydroxyl groups is 11. The van der Waals surface area contributed by atoms with E-state index in [0.717, 1.165) is 6.07 Å². The van der Waals surface area contributed by atoms with E-state index in [4.69, 9.17) is 32.8 Å². The molecule has 3 aliphatic heterocycles. The Balaban J connectivity index is 1.39. The molecule has 0 unspecified atom stereocenters. The van der Waals surface area contributed by atoms with Gasteiger partial charge in [-0.05, 0) is 24.3 Å². The topological polar surface area (TPSA) is 349 Å². The van der Waals surface area contributed by atoms with Gasteiger partial charge in [0.05, 0.1) is 19.8 Å². The van der Waals surface area contributed by atoms with E-state index in [2.05, 4.69) is 0 Å². The second-order valence-electron chi connectivity index (χ2n) is 12.6. The van der Waals surface area contributed by atoms with Crippen LogP contribution in [-0.2, 0) is 14.2 Å². The van der Waals surface area contributed by atoms with E-state index < -0.39 is 145 Å². The summed E-state index contributed by atoms with van der Waals surface area (Å²) in [4.78, 5) is 13.6. The second-order valence-corrected chi connectivity index (χ2v) is 12.6. The van der Waals surface area contributed by atoms with Crippen LogP contribution in [0, 0.1) is 0 Å². The number of aromatic hydroxyl groups is 2. The zero-order valence-electron chi connectivity index (χ0n) is 27.2. The van der Waals surface area contributed by atoms with Gasteiger partial charge in [-0.15, -0.1) is 0 Å². The molecular formula is C32H38O21. The molecule has 53 heavy (non-hydrogen) atoms. The number of fused-ring (bicyclic) bond motifs is 1. The normalized spacial score (nSPS) is 36.3. The van der Waals surface area contributed by atoms with Crippen molar-refractivity contribution in [1.29, 1.82) is 0 Å². The van der Waals surface area contributed by atoms with Crippen LogP contribution < -0.4 is 19.6 Å². The van der Waals surface area contributed by atoms with E-state index in [9.17, 15) is 71.2 Å². The molecule has 2 aromatic carbocycles. The first-order chi connectivity index (χ1) is 25.2. The minimum Gasteiger partial charge on any atom is -0.504 e. The smallest absolute Gasteiger partial charge is 0.229 e. The molecule has 0 spiro atoms. The van der Waals surface area contributed by atoms with E-state index in [1.165, 1.54) is 24.3 Å². The van der Waals surface area contributed by atoms with Gasteiger partial charge >= 0.3 is 0 Å². The summed E-state index contributed by atoms with van der Waals surface area (Å²) >= 11 is 0. The minimum absolute atomic E-state index is 0.0506. The summed E-state index contributed by atoms with van der Waals surface area (Å²) in [5.41, 5.74) is -1.51. The molecule has 0 saturated carbocycles. The number of phenols is 2. The van der Waals surface area contributed by atoms with Crippen LogP contribution in [0.1, 0.15) is 0 Å². The molecule has 14 atom stereocenters. The third-order valence-corrected chi connectivity index (χ3v) is 9.05.